The molecule has 0 saturated heterocycles. The Morgan fingerprint density at radius 3 is 2.36 bits per heavy atom. The van der Waals surface area contributed by atoms with Crippen molar-refractivity contribution in [3.63, 3.8) is 0 Å². The molecule has 1 unspecified atom stereocenters. The third kappa shape index (κ3) is 8.79. The summed E-state index contributed by atoms with van der Waals surface area (Å²) in [6.45, 7) is 2.96. The Labute approximate surface area is 225 Å². The van der Waals surface area contributed by atoms with Crippen LogP contribution in [0.15, 0.2) is 83.3 Å². The van der Waals surface area contributed by atoms with Gasteiger partial charge in [0, 0.05) is 29.7 Å². The fourth-order valence-electron chi connectivity index (χ4n) is 3.79. The number of carbonyl (C=O) groups excluding carboxylic acids is 2. The molecule has 0 aliphatic carbocycles. The highest BCUT2D eigenvalue weighted by Gasteiger charge is 2.30. The highest BCUT2D eigenvalue weighted by atomic mass is 79.9. The minimum atomic E-state index is -0.658. The zero-order chi connectivity index (χ0) is 25.8. The molecule has 1 atom stereocenters. The molecule has 7 heteroatoms. The van der Waals surface area contributed by atoms with Crippen molar-refractivity contribution in [2.75, 3.05) is 12.3 Å². The zero-order valence-corrected chi connectivity index (χ0v) is 22.9. The largest absolute Gasteiger partial charge is 0.354 e. The van der Waals surface area contributed by atoms with Gasteiger partial charge in [-0.05, 0) is 41.3 Å². The Balaban J connectivity index is 1.83. The number of carbonyl (C=O) groups is 2. The van der Waals surface area contributed by atoms with Crippen molar-refractivity contribution in [3.8, 4) is 0 Å². The van der Waals surface area contributed by atoms with E-state index in [2.05, 4.69) is 28.2 Å². The average molecular weight is 572 g/mol. The molecule has 0 saturated carbocycles. The lowest BCUT2D eigenvalue weighted by atomic mass is 10.0. The molecule has 36 heavy (non-hydrogen) atoms. The first kappa shape index (κ1) is 27.9. The lowest BCUT2D eigenvalue weighted by Gasteiger charge is -2.31. The van der Waals surface area contributed by atoms with Crippen LogP contribution in [0.3, 0.4) is 0 Å². The van der Waals surface area contributed by atoms with E-state index >= 15 is 0 Å². The fourth-order valence-corrected chi connectivity index (χ4v) is 4.95. The molecule has 190 valence electrons. The van der Waals surface area contributed by atoms with E-state index in [4.69, 9.17) is 0 Å². The van der Waals surface area contributed by atoms with Crippen LogP contribution in [-0.4, -0.2) is 35.1 Å². The third-order valence-corrected chi connectivity index (χ3v) is 7.30. The molecular formula is C29H32BrFN2O2S. The monoisotopic (exact) mass is 570 g/mol. The Hall–Kier alpha value is -2.64. The molecule has 3 aromatic rings. The van der Waals surface area contributed by atoms with Gasteiger partial charge in [0.25, 0.3) is 0 Å². The summed E-state index contributed by atoms with van der Waals surface area (Å²) in [6, 6.07) is 23.4. The van der Waals surface area contributed by atoms with E-state index < -0.39 is 6.04 Å². The first-order chi connectivity index (χ1) is 17.5. The number of hydrogen-bond acceptors (Lipinski definition) is 3. The average Bonchev–Trinajstić information content (AvgIpc) is 2.89. The Kier molecular flexibility index (Phi) is 11.5. The van der Waals surface area contributed by atoms with Crippen molar-refractivity contribution in [1.29, 1.82) is 0 Å². The van der Waals surface area contributed by atoms with Gasteiger partial charge in [-0.3, -0.25) is 9.59 Å². The first-order valence-corrected chi connectivity index (χ1v) is 14.1. The van der Waals surface area contributed by atoms with Gasteiger partial charge in [0.2, 0.25) is 11.8 Å². The summed E-state index contributed by atoms with van der Waals surface area (Å²) in [7, 11) is 0. The lowest BCUT2D eigenvalue weighted by molar-refractivity contribution is -0.139. The van der Waals surface area contributed by atoms with E-state index in [1.807, 2.05) is 54.6 Å². The van der Waals surface area contributed by atoms with Gasteiger partial charge in [0.05, 0.1) is 5.75 Å². The molecule has 2 amide bonds. The standard InChI is InChI=1S/C29H32BrFN2O2S/c1-2-3-17-32-29(35)27(18-22-9-5-4-6-10-22)33(19-23-13-15-25(30)16-14-23)28(34)21-36-20-24-11-7-8-12-26(24)31/h4-16,27H,2-3,17-21H2,1H3,(H,32,35). The Morgan fingerprint density at radius 2 is 1.67 bits per heavy atom. The molecule has 3 aromatic carbocycles. The molecule has 0 bridgehead atoms. The molecule has 0 fully saturated rings. The minimum Gasteiger partial charge on any atom is -0.354 e. The van der Waals surface area contributed by atoms with Crippen molar-refractivity contribution >= 4 is 39.5 Å². The first-order valence-electron chi connectivity index (χ1n) is 12.1. The van der Waals surface area contributed by atoms with Crippen LogP contribution in [0.2, 0.25) is 0 Å². The molecule has 0 aliphatic heterocycles. The van der Waals surface area contributed by atoms with Crippen LogP contribution >= 0.6 is 27.7 Å². The maximum atomic E-state index is 14.1. The molecule has 1 N–H and O–H groups in total. The zero-order valence-electron chi connectivity index (χ0n) is 20.5. The van der Waals surface area contributed by atoms with Crippen LogP contribution in [0, 0.1) is 5.82 Å². The molecule has 0 aliphatic rings. The predicted octanol–water partition coefficient (Wildman–Crippen LogP) is 6.38. The van der Waals surface area contributed by atoms with Gasteiger partial charge >= 0.3 is 0 Å². The van der Waals surface area contributed by atoms with Crippen molar-refractivity contribution in [1.82, 2.24) is 10.2 Å². The molecular weight excluding hydrogens is 539 g/mol. The summed E-state index contributed by atoms with van der Waals surface area (Å²) < 4.78 is 15.0. The van der Waals surface area contributed by atoms with Gasteiger partial charge in [-0.15, -0.1) is 11.8 Å². The number of nitrogens with zero attached hydrogens (tertiary/aromatic N) is 1. The summed E-state index contributed by atoms with van der Waals surface area (Å²) in [5.74, 6) is -0.0428. The number of amides is 2. The Bertz CT molecular complexity index is 1110. The van der Waals surface area contributed by atoms with Gasteiger partial charge in [-0.2, -0.15) is 0 Å². The summed E-state index contributed by atoms with van der Waals surface area (Å²) in [5.41, 5.74) is 2.48. The quantitative estimate of drug-likeness (QED) is 0.243. The predicted molar refractivity (Wildman–Crippen MR) is 149 cm³/mol. The maximum Gasteiger partial charge on any atom is 0.243 e. The second-order valence-corrected chi connectivity index (χ2v) is 10.5. The topological polar surface area (TPSA) is 49.4 Å². The third-order valence-electron chi connectivity index (χ3n) is 5.81. The summed E-state index contributed by atoms with van der Waals surface area (Å²) in [5, 5.41) is 3.03. The number of hydrogen-bond donors (Lipinski definition) is 1. The lowest BCUT2D eigenvalue weighted by Crippen LogP contribution is -2.51. The van der Waals surface area contributed by atoms with E-state index in [9.17, 15) is 14.0 Å². The van der Waals surface area contributed by atoms with Crippen LogP contribution in [0.1, 0.15) is 36.5 Å². The Morgan fingerprint density at radius 1 is 0.972 bits per heavy atom. The summed E-state index contributed by atoms with van der Waals surface area (Å²) in [6.07, 6.45) is 2.26. The fraction of sp³-hybridized carbons (Fsp3) is 0.310. The van der Waals surface area contributed by atoms with Gasteiger partial charge in [0.15, 0.2) is 0 Å². The number of halogens is 2. The number of nitrogens with one attached hydrogen (secondary N) is 1. The van der Waals surface area contributed by atoms with Crippen LogP contribution in [-0.2, 0) is 28.3 Å². The van der Waals surface area contributed by atoms with E-state index in [0.29, 0.717) is 30.8 Å². The molecule has 0 heterocycles. The van der Waals surface area contributed by atoms with Crippen LogP contribution in [0.5, 0.6) is 0 Å². The van der Waals surface area contributed by atoms with Gasteiger partial charge in [-0.1, -0.05) is 89.9 Å². The van der Waals surface area contributed by atoms with Gasteiger partial charge < -0.3 is 10.2 Å². The number of thioether (sulfide) groups is 1. The van der Waals surface area contributed by atoms with Crippen molar-refractivity contribution in [2.45, 2.75) is 44.5 Å². The molecule has 0 aromatic heterocycles. The van der Waals surface area contributed by atoms with E-state index in [1.165, 1.54) is 17.8 Å². The van der Waals surface area contributed by atoms with E-state index in [0.717, 1.165) is 28.4 Å². The number of benzene rings is 3. The second kappa shape index (κ2) is 14.8. The highest BCUT2D eigenvalue weighted by molar-refractivity contribution is 9.10. The van der Waals surface area contributed by atoms with Crippen LogP contribution < -0.4 is 5.32 Å². The van der Waals surface area contributed by atoms with Crippen LogP contribution in [0.25, 0.3) is 0 Å². The molecule has 0 spiro atoms. The van der Waals surface area contributed by atoms with E-state index in [-0.39, 0.29) is 23.4 Å². The normalized spacial score (nSPS) is 11.6. The van der Waals surface area contributed by atoms with Crippen molar-refractivity contribution in [3.05, 3.63) is 106 Å². The van der Waals surface area contributed by atoms with Gasteiger partial charge in [0.1, 0.15) is 11.9 Å². The number of rotatable bonds is 13. The minimum absolute atomic E-state index is 0.147. The maximum absolute atomic E-state index is 14.1. The molecule has 3 rings (SSSR count). The van der Waals surface area contributed by atoms with Crippen molar-refractivity contribution in [2.24, 2.45) is 0 Å². The van der Waals surface area contributed by atoms with E-state index in [1.54, 1.807) is 23.1 Å². The highest BCUT2D eigenvalue weighted by Crippen LogP contribution is 2.20. The van der Waals surface area contributed by atoms with Crippen molar-refractivity contribution < 1.29 is 14.0 Å². The summed E-state index contributed by atoms with van der Waals surface area (Å²) >= 11 is 4.81. The molecule has 0 radical (unpaired) electrons. The number of unbranched alkanes of at least 4 members (excludes halogenated alkanes) is 1. The SMILES string of the molecule is CCCCNC(=O)C(Cc1ccccc1)N(Cc1ccc(Br)cc1)C(=O)CSCc1ccccc1F. The van der Waals surface area contributed by atoms with Gasteiger partial charge in [-0.25, -0.2) is 4.39 Å². The summed E-state index contributed by atoms with van der Waals surface area (Å²) in [4.78, 5) is 28.6. The second-order valence-electron chi connectivity index (χ2n) is 8.58. The molecule has 4 nitrogen and oxygen atoms in total. The van der Waals surface area contributed by atoms with Crippen LogP contribution in [0.4, 0.5) is 4.39 Å². The smallest absolute Gasteiger partial charge is 0.243 e.